The number of halogens is 1. The van der Waals surface area contributed by atoms with Crippen LogP contribution in [0.1, 0.15) is 5.56 Å². The number of hydrogen-bond acceptors (Lipinski definition) is 4. The maximum atomic E-state index is 11.6. The maximum absolute atomic E-state index is 11.6. The molecule has 116 valence electrons. The van der Waals surface area contributed by atoms with Crippen LogP contribution in [-0.4, -0.2) is 25.7 Å². The minimum atomic E-state index is -1.09. The molecular weight excluding hydrogens is 316 g/mol. The molecule has 3 aromatic rings. The Kier molecular flexibility index (Phi) is 3.75. The molecule has 0 saturated carbocycles. The lowest BCUT2D eigenvalue weighted by molar-refractivity contribution is 0.197. The molecule has 0 radical (unpaired) electrons. The van der Waals surface area contributed by atoms with Crippen molar-refractivity contribution < 1.29 is 9.90 Å². The number of nitrogens with two attached hydrogens (primary N) is 1. The third-order valence-corrected chi connectivity index (χ3v) is 3.72. The van der Waals surface area contributed by atoms with Gasteiger partial charge in [-0.25, -0.2) is 14.8 Å². The van der Waals surface area contributed by atoms with Gasteiger partial charge in [-0.3, -0.25) is 4.57 Å². The van der Waals surface area contributed by atoms with Gasteiger partial charge in [0.25, 0.3) is 0 Å². The van der Waals surface area contributed by atoms with E-state index in [2.05, 4.69) is 9.97 Å². The quantitative estimate of drug-likeness (QED) is 0.748. The fraction of sp³-hybridized carbons (Fsp3) is 0.0625. The molecule has 0 unspecified atom stereocenters. The lowest BCUT2D eigenvalue weighted by atomic mass is 10.1. The van der Waals surface area contributed by atoms with E-state index in [0.717, 1.165) is 15.7 Å². The van der Waals surface area contributed by atoms with Crippen LogP contribution < -0.4 is 5.73 Å². The molecule has 0 spiro atoms. The van der Waals surface area contributed by atoms with Crippen molar-refractivity contribution >= 4 is 23.5 Å². The monoisotopic (exact) mass is 328 g/mol. The Morgan fingerprint density at radius 2 is 2.04 bits per heavy atom. The average molecular weight is 329 g/mol. The first kappa shape index (κ1) is 15.1. The number of nitrogens with zero attached hydrogens (tertiary/aromatic N) is 3. The van der Waals surface area contributed by atoms with Crippen LogP contribution in [-0.2, 0) is 0 Å². The third kappa shape index (κ3) is 2.89. The van der Waals surface area contributed by atoms with E-state index in [1.54, 1.807) is 24.3 Å². The number of carboxylic acid groups (broad SMARTS) is 1. The van der Waals surface area contributed by atoms with Crippen LogP contribution in [0.3, 0.4) is 0 Å². The Labute approximate surface area is 137 Å². The zero-order valence-corrected chi connectivity index (χ0v) is 12.9. The smallest absolute Gasteiger partial charge is 0.416 e. The maximum Gasteiger partial charge on any atom is 0.416 e. The molecule has 0 aliphatic rings. The third-order valence-electron chi connectivity index (χ3n) is 3.49. The number of nitrogen functional groups attached to an aromatic ring is 1. The molecule has 3 N–H and O–H groups in total. The molecule has 0 saturated heterocycles. The van der Waals surface area contributed by atoms with E-state index < -0.39 is 6.09 Å². The van der Waals surface area contributed by atoms with Crippen molar-refractivity contribution in [1.82, 2.24) is 14.5 Å². The van der Waals surface area contributed by atoms with Crippen LogP contribution in [0.5, 0.6) is 0 Å². The number of aromatic nitrogens is 3. The summed E-state index contributed by atoms with van der Waals surface area (Å²) in [5, 5.41) is 10.0. The first-order valence-electron chi connectivity index (χ1n) is 6.76. The molecule has 0 aliphatic carbocycles. The number of aryl methyl sites for hydroxylation is 1. The van der Waals surface area contributed by atoms with E-state index in [-0.39, 0.29) is 0 Å². The lowest BCUT2D eigenvalue weighted by Gasteiger charge is -2.07. The molecule has 0 atom stereocenters. The van der Waals surface area contributed by atoms with Gasteiger partial charge in [0.2, 0.25) is 0 Å². The predicted octanol–water partition coefficient (Wildman–Crippen LogP) is 3.68. The SMILES string of the molecule is Cc1ccc(Cl)cc1-c1cc(-c2cc(N)ncn2)cn1C(=O)O. The summed E-state index contributed by atoms with van der Waals surface area (Å²) in [6, 6.07) is 8.69. The molecule has 2 aromatic heterocycles. The highest BCUT2D eigenvalue weighted by molar-refractivity contribution is 6.30. The summed E-state index contributed by atoms with van der Waals surface area (Å²) < 4.78 is 1.15. The van der Waals surface area contributed by atoms with Gasteiger partial charge in [0.15, 0.2) is 0 Å². The van der Waals surface area contributed by atoms with Crippen LogP contribution >= 0.6 is 11.6 Å². The standard InChI is InChI=1S/C16H13ClN4O2/c1-9-2-3-11(17)5-12(9)14-4-10(7-21(14)16(22)23)13-6-15(18)20-8-19-13/h2-8H,1H3,(H,22,23)(H2,18,19,20). The van der Waals surface area contributed by atoms with E-state index in [1.807, 2.05) is 13.0 Å². The minimum Gasteiger partial charge on any atom is -0.464 e. The van der Waals surface area contributed by atoms with Crippen molar-refractivity contribution in [2.45, 2.75) is 6.92 Å². The average Bonchev–Trinajstić information content (AvgIpc) is 2.95. The Hall–Kier alpha value is -2.86. The van der Waals surface area contributed by atoms with Crippen LogP contribution in [0.4, 0.5) is 10.6 Å². The molecule has 1 aromatic carbocycles. The summed E-state index contributed by atoms with van der Waals surface area (Å²) in [5.41, 5.74) is 9.04. The Morgan fingerprint density at radius 1 is 1.26 bits per heavy atom. The molecule has 6 nitrogen and oxygen atoms in total. The van der Waals surface area contributed by atoms with Crippen molar-refractivity contribution in [3.8, 4) is 22.5 Å². The summed E-state index contributed by atoms with van der Waals surface area (Å²) in [7, 11) is 0. The highest BCUT2D eigenvalue weighted by Crippen LogP contribution is 2.31. The summed E-state index contributed by atoms with van der Waals surface area (Å²) in [6.45, 7) is 1.90. The molecule has 23 heavy (non-hydrogen) atoms. The van der Waals surface area contributed by atoms with Gasteiger partial charge in [0.05, 0.1) is 11.4 Å². The van der Waals surface area contributed by atoms with Gasteiger partial charge >= 0.3 is 6.09 Å². The van der Waals surface area contributed by atoms with Gasteiger partial charge in [0.1, 0.15) is 12.1 Å². The molecule has 2 heterocycles. The molecule has 0 aliphatic heterocycles. The summed E-state index contributed by atoms with van der Waals surface area (Å²) >= 11 is 6.05. The first-order chi connectivity index (χ1) is 11.0. The van der Waals surface area contributed by atoms with Crippen molar-refractivity contribution in [3.05, 3.63) is 53.4 Å². The fourth-order valence-electron chi connectivity index (χ4n) is 2.37. The second kappa shape index (κ2) is 5.73. The van der Waals surface area contributed by atoms with E-state index in [1.165, 1.54) is 12.5 Å². The largest absolute Gasteiger partial charge is 0.464 e. The van der Waals surface area contributed by atoms with E-state index in [9.17, 15) is 9.90 Å². The highest BCUT2D eigenvalue weighted by atomic mass is 35.5. The Balaban J connectivity index is 2.21. The summed E-state index contributed by atoms with van der Waals surface area (Å²) in [4.78, 5) is 19.5. The van der Waals surface area contributed by atoms with Crippen molar-refractivity contribution in [2.75, 3.05) is 5.73 Å². The van der Waals surface area contributed by atoms with Gasteiger partial charge in [0, 0.05) is 28.4 Å². The van der Waals surface area contributed by atoms with Gasteiger partial charge in [-0.2, -0.15) is 0 Å². The van der Waals surface area contributed by atoms with E-state index in [0.29, 0.717) is 27.8 Å². The molecule has 7 heteroatoms. The molecule has 0 amide bonds. The number of anilines is 1. The van der Waals surface area contributed by atoms with Gasteiger partial charge in [-0.15, -0.1) is 0 Å². The lowest BCUT2D eigenvalue weighted by Crippen LogP contribution is -2.08. The van der Waals surface area contributed by atoms with Crippen LogP contribution in [0.15, 0.2) is 42.9 Å². The van der Waals surface area contributed by atoms with E-state index >= 15 is 0 Å². The molecule has 3 rings (SSSR count). The fourth-order valence-corrected chi connectivity index (χ4v) is 2.54. The van der Waals surface area contributed by atoms with Crippen LogP contribution in [0.25, 0.3) is 22.5 Å². The van der Waals surface area contributed by atoms with Gasteiger partial charge in [-0.05, 0) is 30.7 Å². The van der Waals surface area contributed by atoms with Crippen molar-refractivity contribution in [3.63, 3.8) is 0 Å². The first-order valence-corrected chi connectivity index (χ1v) is 7.13. The van der Waals surface area contributed by atoms with Crippen molar-refractivity contribution in [1.29, 1.82) is 0 Å². The Morgan fingerprint density at radius 3 is 2.74 bits per heavy atom. The molecule has 0 bridgehead atoms. The van der Waals surface area contributed by atoms with Crippen LogP contribution in [0, 0.1) is 6.92 Å². The number of hydrogen-bond donors (Lipinski definition) is 2. The molecule has 0 fully saturated rings. The predicted molar refractivity (Wildman–Crippen MR) is 88.5 cm³/mol. The van der Waals surface area contributed by atoms with Crippen molar-refractivity contribution in [2.24, 2.45) is 0 Å². The number of carbonyl (C=O) groups is 1. The van der Waals surface area contributed by atoms with Crippen LogP contribution in [0.2, 0.25) is 5.02 Å². The zero-order valence-electron chi connectivity index (χ0n) is 12.2. The Bertz CT molecular complexity index is 905. The second-order valence-electron chi connectivity index (χ2n) is 5.05. The topological polar surface area (TPSA) is 94.0 Å². The van der Waals surface area contributed by atoms with E-state index in [4.69, 9.17) is 17.3 Å². The summed E-state index contributed by atoms with van der Waals surface area (Å²) in [5.74, 6) is 0.318. The zero-order chi connectivity index (χ0) is 16.6. The second-order valence-corrected chi connectivity index (χ2v) is 5.49. The summed E-state index contributed by atoms with van der Waals surface area (Å²) in [6.07, 6.45) is 1.75. The highest BCUT2D eigenvalue weighted by Gasteiger charge is 2.16. The van der Waals surface area contributed by atoms with Gasteiger partial charge in [-0.1, -0.05) is 17.7 Å². The minimum absolute atomic E-state index is 0.318. The normalized spacial score (nSPS) is 10.7. The number of rotatable bonds is 2. The molecular formula is C16H13ClN4O2. The number of benzene rings is 1. The van der Waals surface area contributed by atoms with Gasteiger partial charge < -0.3 is 10.8 Å².